The highest BCUT2D eigenvalue weighted by Gasteiger charge is 2.21. The molecule has 158 valence electrons. The number of piperidine rings is 1. The fourth-order valence-corrected chi connectivity index (χ4v) is 4.25. The van der Waals surface area contributed by atoms with Crippen LogP contribution in [0.1, 0.15) is 31.6 Å². The van der Waals surface area contributed by atoms with Crippen LogP contribution in [0, 0.1) is 0 Å². The lowest BCUT2D eigenvalue weighted by Gasteiger charge is -2.24. The number of hydrogen-bond acceptors (Lipinski definition) is 6. The highest BCUT2D eigenvalue weighted by atomic mass is 35.5. The average Bonchev–Trinajstić information content (AvgIpc) is 2.80. The SMILES string of the molecule is CC(Nc1ccnc2ccccc12)c1nc(OC2CCNCC2)c2c(Cl)cccc2n1. The summed E-state index contributed by atoms with van der Waals surface area (Å²) in [6, 6.07) is 15.6. The van der Waals surface area contributed by atoms with Crippen molar-refractivity contribution in [2.24, 2.45) is 0 Å². The molecule has 0 spiro atoms. The number of nitrogens with zero attached hydrogens (tertiary/aromatic N) is 3. The highest BCUT2D eigenvalue weighted by Crippen LogP contribution is 2.33. The lowest BCUT2D eigenvalue weighted by molar-refractivity contribution is 0.157. The molecule has 0 amide bonds. The first-order valence-corrected chi connectivity index (χ1v) is 11.0. The number of pyridine rings is 1. The summed E-state index contributed by atoms with van der Waals surface area (Å²) < 4.78 is 6.35. The van der Waals surface area contributed by atoms with Crippen LogP contribution in [0.25, 0.3) is 21.8 Å². The Kier molecular flexibility index (Phi) is 5.57. The van der Waals surface area contributed by atoms with Gasteiger partial charge in [-0.3, -0.25) is 4.98 Å². The van der Waals surface area contributed by atoms with Gasteiger partial charge in [0.2, 0.25) is 5.88 Å². The molecule has 5 rings (SSSR count). The zero-order valence-corrected chi connectivity index (χ0v) is 18.1. The molecule has 0 radical (unpaired) electrons. The van der Waals surface area contributed by atoms with E-state index in [0.717, 1.165) is 53.4 Å². The molecule has 1 aliphatic rings. The molecule has 0 saturated carbocycles. The van der Waals surface area contributed by atoms with Crippen LogP contribution in [0.15, 0.2) is 54.7 Å². The van der Waals surface area contributed by atoms with Gasteiger partial charge in [0.05, 0.1) is 27.5 Å². The topological polar surface area (TPSA) is 72.0 Å². The minimum Gasteiger partial charge on any atom is -0.474 e. The number of anilines is 1. The zero-order chi connectivity index (χ0) is 21.2. The second-order valence-corrected chi connectivity index (χ2v) is 8.24. The van der Waals surface area contributed by atoms with E-state index in [1.54, 1.807) is 0 Å². The van der Waals surface area contributed by atoms with E-state index < -0.39 is 0 Å². The molecule has 1 aliphatic heterocycles. The van der Waals surface area contributed by atoms with Gasteiger partial charge in [-0.1, -0.05) is 35.9 Å². The first kappa shape index (κ1) is 20.0. The van der Waals surface area contributed by atoms with Gasteiger partial charge in [-0.2, -0.15) is 4.98 Å². The van der Waals surface area contributed by atoms with Gasteiger partial charge in [-0.15, -0.1) is 0 Å². The predicted octanol–water partition coefficient (Wildman–Crippen LogP) is 5.14. The minimum atomic E-state index is -0.135. The highest BCUT2D eigenvalue weighted by molar-refractivity contribution is 6.35. The van der Waals surface area contributed by atoms with Gasteiger partial charge in [0.15, 0.2) is 5.82 Å². The molecule has 4 aromatic rings. The Labute approximate surface area is 186 Å². The molecule has 1 saturated heterocycles. The number of ether oxygens (including phenoxy) is 1. The van der Waals surface area contributed by atoms with Gasteiger partial charge < -0.3 is 15.4 Å². The normalized spacial score (nSPS) is 15.8. The minimum absolute atomic E-state index is 0.121. The molecule has 1 atom stereocenters. The summed E-state index contributed by atoms with van der Waals surface area (Å²) in [5.74, 6) is 1.23. The molecule has 7 heteroatoms. The van der Waals surface area contributed by atoms with Crippen LogP contribution in [0.3, 0.4) is 0 Å². The van der Waals surface area contributed by atoms with Crippen LogP contribution in [-0.2, 0) is 0 Å². The molecule has 0 aliphatic carbocycles. The van der Waals surface area contributed by atoms with E-state index in [2.05, 4.69) is 28.6 Å². The number of benzene rings is 2. The Balaban J connectivity index is 1.51. The summed E-state index contributed by atoms with van der Waals surface area (Å²) in [5.41, 5.74) is 2.73. The Hall–Kier alpha value is -2.96. The van der Waals surface area contributed by atoms with Crippen LogP contribution >= 0.6 is 11.6 Å². The summed E-state index contributed by atoms with van der Waals surface area (Å²) in [6.07, 6.45) is 3.82. The number of fused-ring (bicyclic) bond motifs is 2. The second-order valence-electron chi connectivity index (χ2n) is 7.83. The van der Waals surface area contributed by atoms with E-state index >= 15 is 0 Å². The van der Waals surface area contributed by atoms with Gasteiger partial charge in [0.25, 0.3) is 0 Å². The van der Waals surface area contributed by atoms with Crippen LogP contribution in [0.2, 0.25) is 5.02 Å². The van der Waals surface area contributed by atoms with E-state index in [1.807, 2.05) is 48.7 Å². The molecule has 6 nitrogen and oxygen atoms in total. The van der Waals surface area contributed by atoms with Crippen molar-refractivity contribution in [2.75, 3.05) is 18.4 Å². The number of hydrogen-bond donors (Lipinski definition) is 2. The number of aromatic nitrogens is 3. The standard InChI is InChI=1S/C24H24ClN5O/c1-15(28-20-11-14-27-19-7-3-2-5-17(19)20)23-29-21-8-4-6-18(25)22(21)24(30-23)31-16-9-12-26-13-10-16/h2-8,11,14-16,26H,9-10,12-13H2,1H3,(H,27,28). The summed E-state index contributed by atoms with van der Waals surface area (Å²) in [4.78, 5) is 14.1. The maximum absolute atomic E-state index is 6.51. The number of halogens is 1. The predicted molar refractivity (Wildman–Crippen MR) is 125 cm³/mol. The smallest absolute Gasteiger partial charge is 0.226 e. The van der Waals surface area contributed by atoms with E-state index in [1.165, 1.54) is 0 Å². The molecule has 0 bridgehead atoms. The lowest BCUT2D eigenvalue weighted by atomic mass is 10.1. The quantitative estimate of drug-likeness (QED) is 0.454. The first-order chi connectivity index (χ1) is 15.2. The molecule has 2 N–H and O–H groups in total. The van der Waals surface area contributed by atoms with Crippen LogP contribution < -0.4 is 15.4 Å². The number of rotatable bonds is 5. The van der Waals surface area contributed by atoms with Crippen molar-refractivity contribution < 1.29 is 4.74 Å². The maximum Gasteiger partial charge on any atom is 0.226 e. The fraction of sp³-hybridized carbons (Fsp3) is 0.292. The van der Waals surface area contributed by atoms with Crippen LogP contribution in [0.5, 0.6) is 5.88 Å². The van der Waals surface area contributed by atoms with Gasteiger partial charge in [0, 0.05) is 17.3 Å². The Morgan fingerprint density at radius 2 is 1.84 bits per heavy atom. The molecular weight excluding hydrogens is 410 g/mol. The number of nitrogens with one attached hydrogen (secondary N) is 2. The van der Waals surface area contributed by atoms with Crippen molar-refractivity contribution in [3.63, 3.8) is 0 Å². The Bertz CT molecular complexity index is 1220. The van der Waals surface area contributed by atoms with Gasteiger partial charge >= 0.3 is 0 Å². The Morgan fingerprint density at radius 3 is 2.71 bits per heavy atom. The molecule has 3 heterocycles. The van der Waals surface area contributed by atoms with Gasteiger partial charge in [-0.05, 0) is 57.1 Å². The van der Waals surface area contributed by atoms with Crippen molar-refractivity contribution in [1.82, 2.24) is 20.3 Å². The summed E-state index contributed by atoms with van der Waals surface area (Å²) >= 11 is 6.51. The van der Waals surface area contributed by atoms with E-state index in [-0.39, 0.29) is 12.1 Å². The van der Waals surface area contributed by atoms with Gasteiger partial charge in [-0.25, -0.2) is 4.98 Å². The summed E-state index contributed by atoms with van der Waals surface area (Å²) in [6.45, 7) is 3.94. The largest absolute Gasteiger partial charge is 0.474 e. The van der Waals surface area contributed by atoms with Gasteiger partial charge in [0.1, 0.15) is 6.10 Å². The fourth-order valence-electron chi connectivity index (χ4n) is 4.00. The third kappa shape index (κ3) is 4.13. The van der Waals surface area contributed by atoms with Crippen molar-refractivity contribution in [2.45, 2.75) is 31.9 Å². The number of para-hydroxylation sites is 1. The van der Waals surface area contributed by atoms with Crippen molar-refractivity contribution in [1.29, 1.82) is 0 Å². The van der Waals surface area contributed by atoms with Crippen molar-refractivity contribution in [3.05, 3.63) is 65.6 Å². The second kappa shape index (κ2) is 8.65. The molecule has 2 aromatic carbocycles. The average molecular weight is 434 g/mol. The van der Waals surface area contributed by atoms with E-state index in [0.29, 0.717) is 16.7 Å². The molecule has 1 unspecified atom stereocenters. The van der Waals surface area contributed by atoms with Crippen LogP contribution in [0.4, 0.5) is 5.69 Å². The summed E-state index contributed by atoms with van der Waals surface area (Å²) in [5, 5.41) is 9.35. The van der Waals surface area contributed by atoms with Crippen LogP contribution in [-0.4, -0.2) is 34.1 Å². The van der Waals surface area contributed by atoms with E-state index in [4.69, 9.17) is 26.3 Å². The molecule has 2 aromatic heterocycles. The Morgan fingerprint density at radius 1 is 1.03 bits per heavy atom. The summed E-state index contributed by atoms with van der Waals surface area (Å²) in [7, 11) is 0. The monoisotopic (exact) mass is 433 g/mol. The van der Waals surface area contributed by atoms with E-state index in [9.17, 15) is 0 Å². The van der Waals surface area contributed by atoms with Crippen molar-refractivity contribution >= 4 is 39.1 Å². The third-order valence-corrected chi connectivity index (χ3v) is 5.94. The zero-order valence-electron chi connectivity index (χ0n) is 17.3. The van der Waals surface area contributed by atoms with Crippen molar-refractivity contribution in [3.8, 4) is 5.88 Å². The third-order valence-electron chi connectivity index (χ3n) is 5.63. The first-order valence-electron chi connectivity index (χ1n) is 10.6. The lowest BCUT2D eigenvalue weighted by Crippen LogP contribution is -2.34. The maximum atomic E-state index is 6.51. The molecule has 31 heavy (non-hydrogen) atoms. The molecule has 1 fully saturated rings. The molecular formula is C24H24ClN5O.